The third kappa shape index (κ3) is 8.45. The van der Waals surface area contributed by atoms with Gasteiger partial charge in [-0.3, -0.25) is 9.13 Å². The fourth-order valence-corrected chi connectivity index (χ4v) is 7.86. The Morgan fingerprint density at radius 1 is 0.867 bits per heavy atom. The quantitative estimate of drug-likeness (QED) is 0.193. The maximum absolute atomic E-state index is 13.5. The molecule has 1 rings (SSSR count). The Morgan fingerprint density at radius 3 is 1.83 bits per heavy atom. The van der Waals surface area contributed by atoms with Crippen molar-refractivity contribution in [2.75, 3.05) is 31.7 Å². The van der Waals surface area contributed by atoms with E-state index in [-0.39, 0.29) is 32.2 Å². The molecule has 0 bridgehead atoms. The van der Waals surface area contributed by atoms with Gasteiger partial charge in [0.2, 0.25) is 5.52 Å². The molecular formula is C19H38N2O7P2. The van der Waals surface area contributed by atoms with Crippen molar-refractivity contribution >= 4 is 21.0 Å². The Balaban J connectivity index is 3.06. The zero-order valence-electron chi connectivity index (χ0n) is 18.9. The highest BCUT2D eigenvalue weighted by Gasteiger charge is 2.51. The van der Waals surface area contributed by atoms with Gasteiger partial charge in [-0.2, -0.15) is 0 Å². The molecule has 0 aromatic carbocycles. The lowest BCUT2D eigenvalue weighted by molar-refractivity contribution is 0.198. The number of rotatable bonds is 18. The topological polar surface area (TPSA) is 109 Å². The van der Waals surface area contributed by atoms with E-state index in [1.807, 2.05) is 0 Å². The van der Waals surface area contributed by atoms with Gasteiger partial charge in [-0.15, -0.1) is 0 Å². The molecule has 11 heteroatoms. The summed E-state index contributed by atoms with van der Waals surface area (Å²) in [5, 5.41) is 6.89. The summed E-state index contributed by atoms with van der Waals surface area (Å²) in [4.78, 5) is 0. The second-order valence-electron chi connectivity index (χ2n) is 6.61. The lowest BCUT2D eigenvalue weighted by Gasteiger charge is -2.31. The molecule has 176 valence electrons. The van der Waals surface area contributed by atoms with Gasteiger partial charge in [0.15, 0.2) is 5.82 Å². The molecule has 0 unspecified atom stereocenters. The molecule has 0 saturated heterocycles. The Labute approximate surface area is 180 Å². The lowest BCUT2D eigenvalue weighted by atomic mass is 10.1. The average Bonchev–Trinajstić information content (AvgIpc) is 3.14. The number of aryl methyl sites for hydroxylation is 1. The molecule has 0 aliphatic heterocycles. The second kappa shape index (κ2) is 14.4. The summed E-state index contributed by atoms with van der Waals surface area (Å²) >= 11 is 0. The third-order valence-electron chi connectivity index (χ3n) is 4.20. The Hall–Kier alpha value is -0.690. The van der Waals surface area contributed by atoms with Gasteiger partial charge in [-0.05, 0) is 34.1 Å². The summed E-state index contributed by atoms with van der Waals surface area (Å²) in [5.41, 5.74) is -1.37. The normalized spacial score (nSPS) is 12.6. The number of nitrogens with zero attached hydrogens (tertiary/aromatic N) is 1. The Kier molecular flexibility index (Phi) is 13.1. The van der Waals surface area contributed by atoms with Crippen LogP contribution in [-0.4, -0.2) is 37.1 Å². The van der Waals surface area contributed by atoms with E-state index >= 15 is 0 Å². The van der Waals surface area contributed by atoms with Gasteiger partial charge in [-0.25, -0.2) is 0 Å². The molecule has 1 aromatic rings. The van der Waals surface area contributed by atoms with Crippen molar-refractivity contribution in [2.45, 2.75) is 78.7 Å². The zero-order chi connectivity index (χ0) is 22.5. The summed E-state index contributed by atoms with van der Waals surface area (Å²) in [6, 6.07) is 1.71. The van der Waals surface area contributed by atoms with Crippen LogP contribution in [0.1, 0.15) is 72.5 Å². The van der Waals surface area contributed by atoms with Gasteiger partial charge in [0, 0.05) is 12.5 Å². The summed E-state index contributed by atoms with van der Waals surface area (Å²) in [6.45, 7) is 9.33. The number of nitrogens with one attached hydrogen (secondary N) is 1. The van der Waals surface area contributed by atoms with E-state index in [1.54, 1.807) is 33.8 Å². The van der Waals surface area contributed by atoms with Crippen molar-refractivity contribution in [1.82, 2.24) is 5.16 Å². The molecular weight excluding hydrogens is 430 g/mol. The van der Waals surface area contributed by atoms with Crippen molar-refractivity contribution in [3.05, 3.63) is 11.8 Å². The van der Waals surface area contributed by atoms with E-state index in [4.69, 9.17) is 22.6 Å². The van der Waals surface area contributed by atoms with Crippen LogP contribution in [0.4, 0.5) is 5.82 Å². The average molecular weight is 468 g/mol. The first kappa shape index (κ1) is 27.3. The monoisotopic (exact) mass is 468 g/mol. The smallest absolute Gasteiger partial charge is 0.359 e. The van der Waals surface area contributed by atoms with Crippen molar-refractivity contribution in [3.8, 4) is 0 Å². The minimum Gasteiger partial charge on any atom is -0.359 e. The molecule has 0 aliphatic rings. The highest BCUT2D eigenvalue weighted by Crippen LogP contribution is 2.70. The van der Waals surface area contributed by atoms with Crippen LogP contribution >= 0.6 is 15.2 Å². The molecule has 30 heavy (non-hydrogen) atoms. The van der Waals surface area contributed by atoms with Crippen LogP contribution in [0.3, 0.4) is 0 Å². The zero-order valence-corrected chi connectivity index (χ0v) is 20.7. The Morgan fingerprint density at radius 2 is 1.37 bits per heavy atom. The van der Waals surface area contributed by atoms with E-state index in [0.717, 1.165) is 19.3 Å². The van der Waals surface area contributed by atoms with Crippen LogP contribution < -0.4 is 5.32 Å². The van der Waals surface area contributed by atoms with Crippen LogP contribution in [-0.2, 0) is 33.6 Å². The maximum atomic E-state index is 13.5. The molecule has 1 heterocycles. The third-order valence-corrected chi connectivity index (χ3v) is 9.82. The first-order chi connectivity index (χ1) is 14.4. The van der Waals surface area contributed by atoms with E-state index in [1.165, 1.54) is 19.3 Å². The minimum atomic E-state index is -3.91. The summed E-state index contributed by atoms with van der Waals surface area (Å²) in [6.07, 6.45) is 6.46. The number of aromatic nitrogens is 1. The number of hydrogen-bond donors (Lipinski definition) is 1. The van der Waals surface area contributed by atoms with E-state index in [0.29, 0.717) is 5.76 Å². The molecule has 0 aliphatic carbocycles. The van der Waals surface area contributed by atoms with Crippen LogP contribution in [0.2, 0.25) is 0 Å². The highest BCUT2D eigenvalue weighted by atomic mass is 31.2. The van der Waals surface area contributed by atoms with Crippen LogP contribution in [0.5, 0.6) is 0 Å². The van der Waals surface area contributed by atoms with Gasteiger partial charge in [0.25, 0.3) is 0 Å². The molecule has 0 spiro atoms. The van der Waals surface area contributed by atoms with Crippen molar-refractivity contribution in [1.29, 1.82) is 0 Å². The first-order valence-corrected chi connectivity index (χ1v) is 14.1. The standard InChI is InChI=1S/C19H38N2O7P2/c1-6-11-12-13-14-15-17-16-18(21-28-17)20-19(29(22,24-7-2)25-8-3)30(23,26-9-4)27-10-5/h16,19H,6-15H2,1-5H3,(H,20,21). The minimum absolute atomic E-state index is 0.107. The van der Waals surface area contributed by atoms with Gasteiger partial charge in [-0.1, -0.05) is 37.8 Å². The predicted octanol–water partition coefficient (Wildman–Crippen LogP) is 6.42. The van der Waals surface area contributed by atoms with E-state index < -0.39 is 20.7 Å². The maximum Gasteiger partial charge on any atom is 0.365 e. The van der Waals surface area contributed by atoms with Crippen LogP contribution in [0, 0.1) is 0 Å². The highest BCUT2D eigenvalue weighted by molar-refractivity contribution is 7.72. The lowest BCUT2D eigenvalue weighted by Crippen LogP contribution is -2.25. The first-order valence-electron chi connectivity index (χ1n) is 10.9. The van der Waals surface area contributed by atoms with Crippen molar-refractivity contribution in [3.63, 3.8) is 0 Å². The second-order valence-corrected chi connectivity index (χ2v) is 11.2. The van der Waals surface area contributed by atoms with Crippen molar-refractivity contribution in [2.24, 2.45) is 0 Å². The molecule has 0 saturated carbocycles. The molecule has 0 atom stereocenters. The van der Waals surface area contributed by atoms with Crippen molar-refractivity contribution < 1.29 is 31.7 Å². The molecule has 9 nitrogen and oxygen atoms in total. The fraction of sp³-hybridized carbons (Fsp3) is 0.842. The summed E-state index contributed by atoms with van der Waals surface area (Å²) in [7, 11) is -7.81. The number of unbranched alkanes of at least 4 members (excludes halogenated alkanes) is 4. The summed E-state index contributed by atoms with van der Waals surface area (Å²) in [5.74, 6) is 0.973. The molecule has 1 N–H and O–H groups in total. The summed E-state index contributed by atoms with van der Waals surface area (Å²) < 4.78 is 54.1. The number of hydrogen-bond acceptors (Lipinski definition) is 9. The van der Waals surface area contributed by atoms with Gasteiger partial charge >= 0.3 is 15.2 Å². The predicted molar refractivity (Wildman–Crippen MR) is 118 cm³/mol. The molecule has 0 radical (unpaired) electrons. The molecule has 0 amide bonds. The largest absolute Gasteiger partial charge is 0.365 e. The SMILES string of the molecule is CCCCCCCc1cc(NC(P(=O)(OCC)OCC)P(=O)(OCC)OCC)no1. The molecule has 0 fully saturated rings. The van der Waals surface area contributed by atoms with E-state index in [2.05, 4.69) is 17.4 Å². The van der Waals surface area contributed by atoms with Gasteiger partial charge in [0.1, 0.15) is 5.76 Å². The number of anilines is 1. The Bertz CT molecular complexity index is 634. The van der Waals surface area contributed by atoms with Crippen LogP contribution in [0.15, 0.2) is 10.6 Å². The van der Waals surface area contributed by atoms with Crippen LogP contribution in [0.25, 0.3) is 0 Å². The van der Waals surface area contributed by atoms with Gasteiger partial charge < -0.3 is 27.9 Å². The van der Waals surface area contributed by atoms with E-state index in [9.17, 15) is 9.13 Å². The van der Waals surface area contributed by atoms with Gasteiger partial charge in [0.05, 0.1) is 26.4 Å². The fourth-order valence-electron chi connectivity index (χ4n) is 2.94. The molecule has 1 aromatic heterocycles.